The Kier molecular flexibility index (Phi) is 6.95. The zero-order valence-electron chi connectivity index (χ0n) is 15.9. The monoisotopic (exact) mass is 376 g/mol. The zero-order chi connectivity index (χ0) is 19.6. The van der Waals surface area contributed by atoms with Crippen LogP contribution in [0.25, 0.3) is 0 Å². The van der Waals surface area contributed by atoms with Crippen LogP contribution < -0.4 is 15.4 Å². The highest BCUT2D eigenvalue weighted by molar-refractivity contribution is 6.02. The van der Waals surface area contributed by atoms with Gasteiger partial charge in [0.1, 0.15) is 17.3 Å². The van der Waals surface area contributed by atoms with Gasteiger partial charge in [-0.2, -0.15) is 0 Å². The average Bonchev–Trinajstić information content (AvgIpc) is 2.74. The molecular formula is C22H24N4O2. The van der Waals surface area contributed by atoms with Gasteiger partial charge in [-0.1, -0.05) is 30.3 Å². The van der Waals surface area contributed by atoms with E-state index in [1.807, 2.05) is 37.3 Å². The van der Waals surface area contributed by atoms with Gasteiger partial charge in [-0.3, -0.25) is 4.79 Å². The van der Waals surface area contributed by atoms with E-state index in [0.29, 0.717) is 18.1 Å². The molecular weight excluding hydrogens is 352 g/mol. The van der Waals surface area contributed by atoms with E-state index in [0.717, 1.165) is 25.1 Å². The molecule has 0 fully saturated rings. The Morgan fingerprint density at radius 2 is 1.79 bits per heavy atom. The number of hydrogen-bond acceptors (Lipinski definition) is 5. The summed E-state index contributed by atoms with van der Waals surface area (Å²) in [5.41, 5.74) is 2.26. The summed E-state index contributed by atoms with van der Waals surface area (Å²) in [4.78, 5) is 20.8. The highest BCUT2D eigenvalue weighted by Gasteiger charge is 2.08. The molecule has 1 aromatic heterocycles. The summed E-state index contributed by atoms with van der Waals surface area (Å²) in [5.74, 6) is 1.13. The molecule has 6 heteroatoms. The fraction of sp³-hybridized carbons (Fsp3) is 0.227. The Morgan fingerprint density at radius 3 is 2.46 bits per heavy atom. The summed E-state index contributed by atoms with van der Waals surface area (Å²) in [7, 11) is 0. The smallest absolute Gasteiger partial charge is 0.275 e. The maximum Gasteiger partial charge on any atom is 0.275 e. The summed E-state index contributed by atoms with van der Waals surface area (Å²) in [6.07, 6.45) is 5.05. The first kappa shape index (κ1) is 19.4. The number of benzene rings is 2. The number of ether oxygens (including phenoxy) is 1. The number of anilines is 2. The summed E-state index contributed by atoms with van der Waals surface area (Å²) in [5, 5.41) is 6.03. The lowest BCUT2D eigenvalue weighted by Gasteiger charge is -2.08. The summed E-state index contributed by atoms with van der Waals surface area (Å²) < 4.78 is 5.39. The Hall–Kier alpha value is -3.41. The van der Waals surface area contributed by atoms with Crippen molar-refractivity contribution in [3.05, 3.63) is 78.2 Å². The third kappa shape index (κ3) is 5.81. The molecule has 3 aromatic rings. The van der Waals surface area contributed by atoms with Crippen molar-refractivity contribution in [2.75, 3.05) is 23.8 Å². The zero-order valence-corrected chi connectivity index (χ0v) is 15.9. The van der Waals surface area contributed by atoms with Crippen LogP contribution in [0.2, 0.25) is 0 Å². The molecule has 0 unspecified atom stereocenters. The van der Waals surface area contributed by atoms with Gasteiger partial charge in [-0.05, 0) is 49.6 Å². The molecule has 144 valence electrons. The molecule has 0 radical (unpaired) electrons. The minimum absolute atomic E-state index is 0.267. The van der Waals surface area contributed by atoms with Crippen molar-refractivity contribution in [1.82, 2.24) is 9.97 Å². The standard InChI is InChI=1S/C22H24N4O2/c1-2-28-19-12-10-18(11-13-19)26-22(27)20-15-25-21(16-24-20)23-14-6-9-17-7-4-3-5-8-17/h3-5,7-8,10-13,15-16H,2,6,9,14H2,1H3,(H,23,25)(H,26,27). The SMILES string of the molecule is CCOc1ccc(NC(=O)c2cnc(NCCCc3ccccc3)cn2)cc1. The van der Waals surface area contributed by atoms with Crippen molar-refractivity contribution in [2.45, 2.75) is 19.8 Å². The average molecular weight is 376 g/mol. The van der Waals surface area contributed by atoms with Crippen LogP contribution in [0, 0.1) is 0 Å². The molecule has 3 rings (SSSR count). The van der Waals surface area contributed by atoms with Crippen LogP contribution in [0.15, 0.2) is 67.0 Å². The van der Waals surface area contributed by atoms with Crippen molar-refractivity contribution in [2.24, 2.45) is 0 Å². The number of carbonyl (C=O) groups excluding carboxylic acids is 1. The van der Waals surface area contributed by atoms with Gasteiger partial charge in [0.25, 0.3) is 5.91 Å². The van der Waals surface area contributed by atoms with Crippen molar-refractivity contribution in [3.8, 4) is 5.75 Å². The number of nitrogens with one attached hydrogen (secondary N) is 2. The van der Waals surface area contributed by atoms with E-state index in [1.54, 1.807) is 18.3 Å². The molecule has 0 atom stereocenters. The Morgan fingerprint density at radius 1 is 1.00 bits per heavy atom. The number of aryl methyl sites for hydroxylation is 1. The van der Waals surface area contributed by atoms with E-state index in [9.17, 15) is 4.79 Å². The molecule has 1 amide bonds. The van der Waals surface area contributed by atoms with Crippen molar-refractivity contribution >= 4 is 17.4 Å². The molecule has 0 bridgehead atoms. The van der Waals surface area contributed by atoms with Crippen LogP contribution in [0.1, 0.15) is 29.4 Å². The molecule has 0 aliphatic carbocycles. The molecule has 1 heterocycles. The lowest BCUT2D eigenvalue weighted by molar-refractivity contribution is 0.102. The van der Waals surface area contributed by atoms with Gasteiger partial charge in [0, 0.05) is 12.2 Å². The van der Waals surface area contributed by atoms with E-state index < -0.39 is 0 Å². The first-order valence-corrected chi connectivity index (χ1v) is 9.38. The molecule has 0 saturated heterocycles. The second-order valence-electron chi connectivity index (χ2n) is 6.21. The lowest BCUT2D eigenvalue weighted by atomic mass is 10.1. The van der Waals surface area contributed by atoms with Gasteiger partial charge >= 0.3 is 0 Å². The number of rotatable bonds is 9. The first-order valence-electron chi connectivity index (χ1n) is 9.38. The first-order chi connectivity index (χ1) is 13.7. The molecule has 0 spiro atoms. The maximum absolute atomic E-state index is 12.3. The molecule has 2 N–H and O–H groups in total. The van der Waals surface area contributed by atoms with Gasteiger partial charge in [-0.15, -0.1) is 0 Å². The van der Waals surface area contributed by atoms with E-state index in [4.69, 9.17) is 4.74 Å². The van der Waals surface area contributed by atoms with Gasteiger partial charge < -0.3 is 15.4 Å². The highest BCUT2D eigenvalue weighted by atomic mass is 16.5. The van der Waals surface area contributed by atoms with Gasteiger partial charge in [0.15, 0.2) is 0 Å². The largest absolute Gasteiger partial charge is 0.494 e. The normalized spacial score (nSPS) is 10.3. The van der Waals surface area contributed by atoms with Crippen molar-refractivity contribution < 1.29 is 9.53 Å². The minimum atomic E-state index is -0.299. The third-order valence-corrected chi connectivity index (χ3v) is 4.10. The second kappa shape index (κ2) is 10.1. The highest BCUT2D eigenvalue weighted by Crippen LogP contribution is 2.16. The number of nitrogens with zero attached hydrogens (tertiary/aromatic N) is 2. The van der Waals surface area contributed by atoms with E-state index in [-0.39, 0.29) is 11.6 Å². The molecule has 6 nitrogen and oxygen atoms in total. The number of hydrogen-bond donors (Lipinski definition) is 2. The Bertz CT molecular complexity index is 865. The van der Waals surface area contributed by atoms with E-state index in [2.05, 4.69) is 32.7 Å². The number of carbonyl (C=O) groups is 1. The van der Waals surface area contributed by atoms with Crippen LogP contribution in [0.4, 0.5) is 11.5 Å². The van der Waals surface area contributed by atoms with Crippen LogP contribution in [-0.2, 0) is 6.42 Å². The molecule has 2 aromatic carbocycles. The second-order valence-corrected chi connectivity index (χ2v) is 6.21. The van der Waals surface area contributed by atoms with Crippen LogP contribution in [0.5, 0.6) is 5.75 Å². The van der Waals surface area contributed by atoms with Crippen molar-refractivity contribution in [1.29, 1.82) is 0 Å². The fourth-order valence-electron chi connectivity index (χ4n) is 2.69. The predicted molar refractivity (Wildman–Crippen MR) is 111 cm³/mol. The Labute approximate surface area is 165 Å². The van der Waals surface area contributed by atoms with Crippen LogP contribution >= 0.6 is 0 Å². The lowest BCUT2D eigenvalue weighted by Crippen LogP contribution is -2.14. The van der Waals surface area contributed by atoms with Crippen LogP contribution in [-0.4, -0.2) is 29.0 Å². The topological polar surface area (TPSA) is 76.1 Å². The maximum atomic E-state index is 12.3. The third-order valence-electron chi connectivity index (χ3n) is 4.10. The molecule has 0 saturated carbocycles. The van der Waals surface area contributed by atoms with Gasteiger partial charge in [0.05, 0.1) is 19.0 Å². The molecule has 28 heavy (non-hydrogen) atoms. The minimum Gasteiger partial charge on any atom is -0.494 e. The van der Waals surface area contributed by atoms with Crippen molar-refractivity contribution in [3.63, 3.8) is 0 Å². The Balaban J connectivity index is 1.45. The summed E-state index contributed by atoms with van der Waals surface area (Å²) >= 11 is 0. The van der Waals surface area contributed by atoms with Gasteiger partial charge in [-0.25, -0.2) is 9.97 Å². The predicted octanol–water partition coefficient (Wildman–Crippen LogP) is 4.17. The number of aromatic nitrogens is 2. The fourth-order valence-corrected chi connectivity index (χ4v) is 2.69. The van der Waals surface area contributed by atoms with Gasteiger partial charge in [0.2, 0.25) is 0 Å². The summed E-state index contributed by atoms with van der Waals surface area (Å²) in [6, 6.07) is 17.6. The summed E-state index contributed by atoms with van der Waals surface area (Å²) in [6.45, 7) is 3.32. The molecule has 0 aliphatic heterocycles. The van der Waals surface area contributed by atoms with E-state index >= 15 is 0 Å². The van der Waals surface area contributed by atoms with Crippen LogP contribution in [0.3, 0.4) is 0 Å². The molecule has 0 aliphatic rings. The van der Waals surface area contributed by atoms with E-state index in [1.165, 1.54) is 11.8 Å². The number of amides is 1. The quantitative estimate of drug-likeness (QED) is 0.548.